The zero-order chi connectivity index (χ0) is 14.0. The molecule has 2 saturated heterocycles. The number of rotatable bonds is 6. The van der Waals surface area contributed by atoms with Gasteiger partial charge in [-0.25, -0.2) is 0 Å². The van der Waals surface area contributed by atoms with Gasteiger partial charge in [0.15, 0.2) is 0 Å². The second-order valence-electron chi connectivity index (χ2n) is 6.06. The molecule has 0 amide bonds. The topological polar surface area (TPSA) is 21.7 Å². The van der Waals surface area contributed by atoms with Gasteiger partial charge in [0, 0.05) is 44.3 Å². The number of hydrogen-bond donors (Lipinski definition) is 0. The van der Waals surface area contributed by atoms with E-state index in [9.17, 15) is 0 Å². The lowest BCUT2D eigenvalue weighted by atomic mass is 9.79. The summed E-state index contributed by atoms with van der Waals surface area (Å²) in [7, 11) is 0. The highest BCUT2D eigenvalue weighted by Gasteiger charge is 2.52. The molecule has 2 fully saturated rings. The monoisotopic (exact) mass is 295 g/mol. The summed E-state index contributed by atoms with van der Waals surface area (Å²) in [6, 6.07) is 2.21. The number of likely N-dealkylation sites (tertiary alicyclic amines) is 1. The highest BCUT2D eigenvalue weighted by Crippen LogP contribution is 2.42. The molecule has 1 aromatic heterocycles. The van der Waals surface area contributed by atoms with Gasteiger partial charge in [-0.3, -0.25) is 4.90 Å². The van der Waals surface area contributed by atoms with Crippen molar-refractivity contribution in [3.05, 3.63) is 21.9 Å². The minimum Gasteiger partial charge on any atom is -0.382 e. The van der Waals surface area contributed by atoms with Gasteiger partial charge in [-0.15, -0.1) is 11.3 Å². The molecular weight excluding hydrogens is 270 g/mol. The maximum Gasteiger partial charge on any atom is 0.0964 e. The first-order valence-corrected chi connectivity index (χ1v) is 8.58. The maximum atomic E-state index is 6.11. The Kier molecular flexibility index (Phi) is 4.46. The first kappa shape index (κ1) is 14.5. The molecule has 20 heavy (non-hydrogen) atoms. The fraction of sp³-hybridized carbons (Fsp3) is 0.750. The molecule has 3 heterocycles. The molecule has 4 heteroatoms. The summed E-state index contributed by atoms with van der Waals surface area (Å²) in [5.74, 6) is 0.690. The van der Waals surface area contributed by atoms with Crippen LogP contribution in [-0.2, 0) is 16.0 Å². The van der Waals surface area contributed by atoms with Gasteiger partial charge < -0.3 is 9.47 Å². The molecule has 0 radical (unpaired) electrons. The molecule has 0 unspecified atom stereocenters. The van der Waals surface area contributed by atoms with Crippen molar-refractivity contribution in [3.8, 4) is 0 Å². The van der Waals surface area contributed by atoms with E-state index in [4.69, 9.17) is 9.47 Å². The molecule has 0 saturated carbocycles. The van der Waals surface area contributed by atoms with E-state index in [-0.39, 0.29) is 5.60 Å². The summed E-state index contributed by atoms with van der Waals surface area (Å²) in [6.45, 7) is 10.2. The molecule has 2 aliphatic heterocycles. The third kappa shape index (κ3) is 2.80. The van der Waals surface area contributed by atoms with Crippen LogP contribution in [0.2, 0.25) is 0 Å². The van der Waals surface area contributed by atoms with Crippen LogP contribution < -0.4 is 0 Å². The van der Waals surface area contributed by atoms with Crippen molar-refractivity contribution in [1.29, 1.82) is 0 Å². The predicted molar refractivity (Wildman–Crippen MR) is 82.2 cm³/mol. The van der Waals surface area contributed by atoms with E-state index in [0.717, 1.165) is 45.9 Å². The summed E-state index contributed by atoms with van der Waals surface area (Å²) in [5.41, 5.74) is 1.57. The van der Waals surface area contributed by atoms with E-state index in [1.54, 1.807) is 0 Å². The van der Waals surface area contributed by atoms with Crippen LogP contribution in [0.1, 0.15) is 30.2 Å². The minimum absolute atomic E-state index is 0.141. The van der Waals surface area contributed by atoms with Crippen molar-refractivity contribution in [2.75, 3.05) is 32.9 Å². The van der Waals surface area contributed by atoms with E-state index in [1.807, 2.05) is 11.3 Å². The average molecular weight is 295 g/mol. The van der Waals surface area contributed by atoms with Gasteiger partial charge in [-0.1, -0.05) is 0 Å². The zero-order valence-electron chi connectivity index (χ0n) is 12.6. The molecule has 1 spiro atoms. The third-order valence-corrected chi connectivity index (χ3v) is 5.74. The predicted octanol–water partition coefficient (Wildman–Crippen LogP) is 3.07. The Balaban J connectivity index is 1.51. The second-order valence-corrected chi connectivity index (χ2v) is 7.06. The first-order valence-electron chi connectivity index (χ1n) is 7.70. The molecule has 0 bridgehead atoms. The number of nitrogens with zero attached hydrogens (tertiary/aromatic N) is 1. The molecule has 0 N–H and O–H groups in total. The maximum absolute atomic E-state index is 6.11. The fourth-order valence-electron chi connectivity index (χ4n) is 3.50. The molecular formula is C16H25NO2S. The van der Waals surface area contributed by atoms with Crippen LogP contribution in [0.25, 0.3) is 0 Å². The summed E-state index contributed by atoms with van der Waals surface area (Å²) in [6.07, 6.45) is 2.36. The van der Waals surface area contributed by atoms with Gasteiger partial charge in [0.05, 0.1) is 5.60 Å². The largest absolute Gasteiger partial charge is 0.382 e. The lowest BCUT2D eigenvalue weighted by molar-refractivity contribution is -0.138. The van der Waals surface area contributed by atoms with Crippen LogP contribution in [0.15, 0.2) is 11.4 Å². The Morgan fingerprint density at radius 1 is 1.50 bits per heavy atom. The smallest absolute Gasteiger partial charge is 0.0964 e. The standard InChI is InChI=1S/C16H25NO2S/c1-3-18-7-4-14-5-8-19-16(14)11-17(12-16)10-15-13(2)6-9-20-15/h6,9,14H,3-5,7-8,10-12H2,1-2H3/t14-/m0/s1. The highest BCUT2D eigenvalue weighted by molar-refractivity contribution is 7.10. The zero-order valence-corrected chi connectivity index (χ0v) is 13.4. The molecule has 3 nitrogen and oxygen atoms in total. The van der Waals surface area contributed by atoms with E-state index < -0.39 is 0 Å². The SMILES string of the molecule is CCOCC[C@H]1CCOC12CN(Cc1sccc1C)C2. The Bertz CT molecular complexity index is 439. The quantitative estimate of drug-likeness (QED) is 0.753. The van der Waals surface area contributed by atoms with Gasteiger partial charge in [0.2, 0.25) is 0 Å². The summed E-state index contributed by atoms with van der Waals surface area (Å²) in [4.78, 5) is 4.03. The second kappa shape index (κ2) is 6.14. The Labute approximate surface area is 125 Å². The van der Waals surface area contributed by atoms with Gasteiger partial charge in [0.1, 0.15) is 0 Å². The Hall–Kier alpha value is -0.420. The molecule has 112 valence electrons. The van der Waals surface area contributed by atoms with E-state index in [0.29, 0.717) is 5.92 Å². The molecule has 1 atom stereocenters. The number of thiophene rings is 1. The molecule has 0 aromatic carbocycles. The Morgan fingerprint density at radius 2 is 2.35 bits per heavy atom. The van der Waals surface area contributed by atoms with Crippen LogP contribution in [0, 0.1) is 12.8 Å². The highest BCUT2D eigenvalue weighted by atomic mass is 32.1. The van der Waals surface area contributed by atoms with Crippen molar-refractivity contribution >= 4 is 11.3 Å². The van der Waals surface area contributed by atoms with Crippen LogP contribution in [0.5, 0.6) is 0 Å². The van der Waals surface area contributed by atoms with Crippen LogP contribution in [0.4, 0.5) is 0 Å². The molecule has 3 rings (SSSR count). The van der Waals surface area contributed by atoms with Crippen molar-refractivity contribution in [3.63, 3.8) is 0 Å². The number of aryl methyl sites for hydroxylation is 1. The Morgan fingerprint density at radius 3 is 3.05 bits per heavy atom. The fourth-order valence-corrected chi connectivity index (χ4v) is 4.45. The lowest BCUT2D eigenvalue weighted by Crippen LogP contribution is -2.64. The summed E-state index contributed by atoms with van der Waals surface area (Å²) < 4.78 is 11.6. The van der Waals surface area contributed by atoms with Gasteiger partial charge >= 0.3 is 0 Å². The van der Waals surface area contributed by atoms with Crippen molar-refractivity contribution < 1.29 is 9.47 Å². The number of ether oxygens (including phenoxy) is 2. The number of hydrogen-bond acceptors (Lipinski definition) is 4. The molecule has 1 aromatic rings. The average Bonchev–Trinajstić information content (AvgIpc) is 2.97. The van der Waals surface area contributed by atoms with Gasteiger partial charge in [-0.05, 0) is 49.6 Å². The van der Waals surface area contributed by atoms with Crippen LogP contribution in [-0.4, -0.2) is 43.4 Å². The van der Waals surface area contributed by atoms with Crippen molar-refractivity contribution in [1.82, 2.24) is 4.90 Å². The summed E-state index contributed by atoms with van der Waals surface area (Å²) >= 11 is 1.87. The van der Waals surface area contributed by atoms with Gasteiger partial charge in [0.25, 0.3) is 0 Å². The van der Waals surface area contributed by atoms with Crippen molar-refractivity contribution in [2.24, 2.45) is 5.92 Å². The molecule has 0 aliphatic carbocycles. The van der Waals surface area contributed by atoms with Crippen LogP contribution in [0.3, 0.4) is 0 Å². The third-order valence-electron chi connectivity index (χ3n) is 4.73. The normalized spacial score (nSPS) is 25.2. The van der Waals surface area contributed by atoms with E-state index in [2.05, 4.69) is 30.2 Å². The summed E-state index contributed by atoms with van der Waals surface area (Å²) in [5, 5.41) is 2.19. The van der Waals surface area contributed by atoms with Crippen molar-refractivity contribution in [2.45, 2.75) is 38.8 Å². The van der Waals surface area contributed by atoms with E-state index in [1.165, 1.54) is 16.9 Å². The van der Waals surface area contributed by atoms with E-state index >= 15 is 0 Å². The first-order chi connectivity index (χ1) is 9.73. The lowest BCUT2D eigenvalue weighted by Gasteiger charge is -2.50. The molecule has 2 aliphatic rings. The van der Waals surface area contributed by atoms with Crippen LogP contribution >= 0.6 is 11.3 Å². The van der Waals surface area contributed by atoms with Gasteiger partial charge in [-0.2, -0.15) is 0 Å². The minimum atomic E-state index is 0.141.